The normalized spacial score (nSPS) is 16.7. The topological polar surface area (TPSA) is 82.1 Å². The van der Waals surface area contributed by atoms with Crippen LogP contribution >= 0.6 is 0 Å². The summed E-state index contributed by atoms with van der Waals surface area (Å²) in [7, 11) is 0. The number of aliphatic hydroxyl groups is 1. The van der Waals surface area contributed by atoms with E-state index in [1.165, 1.54) is 56.9 Å². The van der Waals surface area contributed by atoms with E-state index in [1.54, 1.807) is 12.1 Å². The molecule has 3 rings (SSSR count). The summed E-state index contributed by atoms with van der Waals surface area (Å²) in [5.41, 5.74) is 1.40. The molecule has 0 aromatic heterocycles. The largest absolute Gasteiger partial charge is 0.494 e. The first-order chi connectivity index (χ1) is 21.8. The van der Waals surface area contributed by atoms with Crippen molar-refractivity contribution in [2.75, 3.05) is 13.2 Å². The monoisotopic (exact) mass is 622 g/mol. The number of rotatable bonds is 21. The van der Waals surface area contributed by atoms with Gasteiger partial charge in [0.25, 0.3) is 0 Å². The molecule has 0 radical (unpaired) electrons. The predicted octanol–water partition coefficient (Wildman–Crippen LogP) is 9.96. The molecule has 0 saturated heterocycles. The standard InChI is InChI=1S/C39H58O6/c1-4-5-9-14-31-16-18-32(19-17-31)33-20-26-36(27-21-33)44-38(42)34-22-24-35(25-23-34)43-30-13-7-6-11-28-39(2,3)45-37(41)15-10-8-12-29-40/h20-27,31-32,40H,4-19,28-30H2,1-3H3. The number of unbranched alkanes of at least 4 members (excludes halogenated alkanes) is 7. The summed E-state index contributed by atoms with van der Waals surface area (Å²) in [5.74, 6) is 2.32. The summed E-state index contributed by atoms with van der Waals surface area (Å²) in [4.78, 5) is 24.8. The lowest BCUT2D eigenvalue weighted by atomic mass is 9.77. The molecule has 6 nitrogen and oxygen atoms in total. The van der Waals surface area contributed by atoms with E-state index in [1.807, 2.05) is 38.1 Å². The lowest BCUT2D eigenvalue weighted by molar-refractivity contribution is -0.157. The SMILES string of the molecule is CCCCCC1CCC(c2ccc(OC(=O)c3ccc(OCCCCCCC(C)(C)OC(=O)CCCCCO)cc3)cc2)CC1. The smallest absolute Gasteiger partial charge is 0.343 e. The summed E-state index contributed by atoms with van der Waals surface area (Å²) in [6.45, 7) is 7.00. The van der Waals surface area contributed by atoms with Gasteiger partial charge in [0, 0.05) is 13.0 Å². The van der Waals surface area contributed by atoms with Crippen molar-refractivity contribution in [1.29, 1.82) is 0 Å². The van der Waals surface area contributed by atoms with E-state index >= 15 is 0 Å². The van der Waals surface area contributed by atoms with Crippen LogP contribution in [0.2, 0.25) is 0 Å². The highest BCUT2D eigenvalue weighted by Crippen LogP contribution is 2.38. The van der Waals surface area contributed by atoms with Gasteiger partial charge in [-0.15, -0.1) is 0 Å². The van der Waals surface area contributed by atoms with E-state index in [0.29, 0.717) is 30.3 Å². The van der Waals surface area contributed by atoms with Crippen LogP contribution in [-0.4, -0.2) is 35.9 Å². The van der Waals surface area contributed by atoms with Gasteiger partial charge in [-0.25, -0.2) is 4.79 Å². The number of ether oxygens (including phenoxy) is 3. The summed E-state index contributed by atoms with van der Waals surface area (Å²) >= 11 is 0. The molecule has 1 fully saturated rings. The maximum atomic E-state index is 12.7. The summed E-state index contributed by atoms with van der Waals surface area (Å²) < 4.78 is 17.2. The highest BCUT2D eigenvalue weighted by Gasteiger charge is 2.23. The van der Waals surface area contributed by atoms with Gasteiger partial charge in [0.15, 0.2) is 0 Å². The van der Waals surface area contributed by atoms with Gasteiger partial charge in [-0.2, -0.15) is 0 Å². The summed E-state index contributed by atoms with van der Waals surface area (Å²) in [6.07, 6.45) is 18.2. The number of esters is 2. The van der Waals surface area contributed by atoms with Crippen molar-refractivity contribution >= 4 is 11.9 Å². The number of benzene rings is 2. The minimum atomic E-state index is -0.455. The van der Waals surface area contributed by atoms with Crippen LogP contribution in [0.5, 0.6) is 11.5 Å². The first-order valence-electron chi connectivity index (χ1n) is 17.7. The Morgan fingerprint density at radius 3 is 2.13 bits per heavy atom. The molecule has 1 N–H and O–H groups in total. The predicted molar refractivity (Wildman–Crippen MR) is 181 cm³/mol. The first kappa shape index (κ1) is 36.6. The molecule has 0 aliphatic heterocycles. The van der Waals surface area contributed by atoms with Crippen LogP contribution in [0.15, 0.2) is 48.5 Å². The van der Waals surface area contributed by atoms with Gasteiger partial charge in [-0.05, 0) is 125 Å². The summed E-state index contributed by atoms with van der Waals surface area (Å²) in [5, 5.41) is 8.84. The Morgan fingerprint density at radius 2 is 1.44 bits per heavy atom. The molecule has 0 atom stereocenters. The van der Waals surface area contributed by atoms with Gasteiger partial charge in [-0.3, -0.25) is 4.79 Å². The Hall–Kier alpha value is -2.86. The fourth-order valence-electron chi connectivity index (χ4n) is 6.29. The zero-order valence-electron chi connectivity index (χ0n) is 28.2. The molecule has 45 heavy (non-hydrogen) atoms. The zero-order valence-corrected chi connectivity index (χ0v) is 28.2. The molecule has 250 valence electrons. The fraction of sp³-hybridized carbons (Fsp3) is 0.641. The third-order valence-corrected chi connectivity index (χ3v) is 9.09. The lowest BCUT2D eigenvalue weighted by Crippen LogP contribution is -2.27. The van der Waals surface area contributed by atoms with Crippen LogP contribution in [0.25, 0.3) is 0 Å². The van der Waals surface area contributed by atoms with Crippen molar-refractivity contribution < 1.29 is 28.9 Å². The Morgan fingerprint density at radius 1 is 0.778 bits per heavy atom. The Labute approximate surface area is 272 Å². The van der Waals surface area contributed by atoms with Crippen LogP contribution in [0, 0.1) is 5.92 Å². The van der Waals surface area contributed by atoms with Crippen molar-refractivity contribution in [2.45, 2.75) is 141 Å². The highest BCUT2D eigenvalue weighted by atomic mass is 16.6. The Kier molecular flexibility index (Phi) is 16.5. The molecule has 0 spiro atoms. The van der Waals surface area contributed by atoms with Crippen LogP contribution in [0.4, 0.5) is 0 Å². The van der Waals surface area contributed by atoms with Crippen LogP contribution < -0.4 is 9.47 Å². The number of aliphatic hydroxyl groups excluding tert-OH is 1. The van der Waals surface area contributed by atoms with Gasteiger partial charge in [-0.1, -0.05) is 64.0 Å². The number of carbonyl (C=O) groups excluding carboxylic acids is 2. The van der Waals surface area contributed by atoms with E-state index in [-0.39, 0.29) is 18.5 Å². The second-order valence-electron chi connectivity index (χ2n) is 13.5. The van der Waals surface area contributed by atoms with Gasteiger partial charge < -0.3 is 19.3 Å². The number of hydrogen-bond acceptors (Lipinski definition) is 6. The summed E-state index contributed by atoms with van der Waals surface area (Å²) in [6, 6.07) is 15.2. The minimum Gasteiger partial charge on any atom is -0.494 e. The second-order valence-corrected chi connectivity index (χ2v) is 13.5. The molecule has 0 amide bonds. The molecule has 0 heterocycles. The van der Waals surface area contributed by atoms with Crippen molar-refractivity contribution in [2.24, 2.45) is 5.92 Å². The van der Waals surface area contributed by atoms with Gasteiger partial charge in [0.2, 0.25) is 0 Å². The van der Waals surface area contributed by atoms with Crippen LogP contribution in [-0.2, 0) is 9.53 Å². The zero-order chi connectivity index (χ0) is 32.3. The molecule has 6 heteroatoms. The number of hydrogen-bond donors (Lipinski definition) is 1. The number of carbonyl (C=O) groups is 2. The molecule has 1 saturated carbocycles. The van der Waals surface area contributed by atoms with E-state index in [4.69, 9.17) is 19.3 Å². The molecule has 0 bridgehead atoms. The van der Waals surface area contributed by atoms with E-state index < -0.39 is 5.60 Å². The molecule has 2 aromatic rings. The van der Waals surface area contributed by atoms with Crippen LogP contribution in [0.3, 0.4) is 0 Å². The third-order valence-electron chi connectivity index (χ3n) is 9.09. The van der Waals surface area contributed by atoms with Crippen molar-refractivity contribution in [3.05, 3.63) is 59.7 Å². The van der Waals surface area contributed by atoms with Crippen molar-refractivity contribution in [3.63, 3.8) is 0 Å². The molecular formula is C39H58O6. The maximum absolute atomic E-state index is 12.7. The molecule has 1 aliphatic rings. The first-order valence-corrected chi connectivity index (χ1v) is 17.7. The van der Waals surface area contributed by atoms with E-state index in [9.17, 15) is 9.59 Å². The lowest BCUT2D eigenvalue weighted by Gasteiger charge is -2.29. The van der Waals surface area contributed by atoms with Gasteiger partial charge >= 0.3 is 11.9 Å². The quantitative estimate of drug-likeness (QED) is 0.0848. The third kappa shape index (κ3) is 14.4. The van der Waals surface area contributed by atoms with Crippen LogP contribution in [0.1, 0.15) is 152 Å². The Bertz CT molecular complexity index is 1100. The van der Waals surface area contributed by atoms with E-state index in [0.717, 1.165) is 63.0 Å². The molecular weight excluding hydrogens is 564 g/mol. The average molecular weight is 623 g/mol. The van der Waals surface area contributed by atoms with Crippen molar-refractivity contribution in [1.82, 2.24) is 0 Å². The molecule has 2 aromatic carbocycles. The van der Waals surface area contributed by atoms with Gasteiger partial charge in [0.1, 0.15) is 17.1 Å². The van der Waals surface area contributed by atoms with E-state index in [2.05, 4.69) is 19.1 Å². The van der Waals surface area contributed by atoms with Gasteiger partial charge in [0.05, 0.1) is 12.2 Å². The second kappa shape index (κ2) is 20.3. The Balaban J connectivity index is 1.28. The van der Waals surface area contributed by atoms with Crippen molar-refractivity contribution in [3.8, 4) is 11.5 Å². The fourth-order valence-corrected chi connectivity index (χ4v) is 6.29. The molecule has 0 unspecified atom stereocenters. The highest BCUT2D eigenvalue weighted by molar-refractivity contribution is 5.91. The molecule has 1 aliphatic carbocycles. The maximum Gasteiger partial charge on any atom is 0.343 e. The average Bonchev–Trinajstić information content (AvgIpc) is 3.03. The minimum absolute atomic E-state index is 0.153.